The van der Waals surface area contributed by atoms with Gasteiger partial charge in [-0.1, -0.05) is 59.2 Å². The van der Waals surface area contributed by atoms with E-state index in [1.165, 1.54) is 29.1 Å². The standard InChI is InChI=1S/C19H15Cl2N3OS/c1-12-4-2-3-5-13(12)11-26-19-22-10-16(21)17(24-19)18(25)23-15-8-6-14(20)7-9-15/h2-10H,11H2,1H3,(H,23,25). The van der Waals surface area contributed by atoms with E-state index in [2.05, 4.69) is 34.3 Å². The topological polar surface area (TPSA) is 54.9 Å². The molecule has 1 aromatic heterocycles. The summed E-state index contributed by atoms with van der Waals surface area (Å²) in [5.74, 6) is 0.324. The number of nitrogens with zero attached hydrogens (tertiary/aromatic N) is 2. The van der Waals surface area contributed by atoms with Crippen LogP contribution in [0.3, 0.4) is 0 Å². The molecule has 3 rings (SSSR count). The van der Waals surface area contributed by atoms with Crippen molar-refractivity contribution in [3.05, 3.63) is 81.6 Å². The molecule has 1 amide bonds. The van der Waals surface area contributed by atoms with Crippen molar-refractivity contribution in [2.75, 3.05) is 5.32 Å². The Morgan fingerprint density at radius 2 is 1.85 bits per heavy atom. The highest BCUT2D eigenvalue weighted by Crippen LogP contribution is 2.24. The van der Waals surface area contributed by atoms with E-state index in [9.17, 15) is 4.79 Å². The largest absolute Gasteiger partial charge is 0.321 e. The van der Waals surface area contributed by atoms with Gasteiger partial charge >= 0.3 is 0 Å². The Bertz CT molecular complexity index is 932. The second-order valence-corrected chi connectivity index (χ2v) is 7.31. The van der Waals surface area contributed by atoms with E-state index in [4.69, 9.17) is 23.2 Å². The molecule has 1 heterocycles. The molecule has 0 bridgehead atoms. The van der Waals surface area contributed by atoms with Gasteiger partial charge in [0.1, 0.15) is 0 Å². The molecule has 0 aliphatic carbocycles. The van der Waals surface area contributed by atoms with Crippen molar-refractivity contribution < 1.29 is 4.79 Å². The number of anilines is 1. The van der Waals surface area contributed by atoms with Gasteiger partial charge in [0, 0.05) is 16.5 Å². The maximum atomic E-state index is 12.5. The summed E-state index contributed by atoms with van der Waals surface area (Å²) in [5, 5.41) is 4.05. The fourth-order valence-corrected chi connectivity index (χ4v) is 3.41. The van der Waals surface area contributed by atoms with E-state index >= 15 is 0 Å². The third-order valence-electron chi connectivity index (χ3n) is 3.66. The molecular formula is C19H15Cl2N3OS. The van der Waals surface area contributed by atoms with Gasteiger partial charge < -0.3 is 5.32 Å². The monoisotopic (exact) mass is 403 g/mol. The van der Waals surface area contributed by atoms with Crippen LogP contribution in [0.15, 0.2) is 59.9 Å². The quantitative estimate of drug-likeness (QED) is 0.442. The number of hydrogen-bond donors (Lipinski definition) is 1. The van der Waals surface area contributed by atoms with Crippen molar-refractivity contribution >= 4 is 46.6 Å². The summed E-state index contributed by atoms with van der Waals surface area (Å²) >= 11 is 13.4. The van der Waals surface area contributed by atoms with Crippen LogP contribution < -0.4 is 5.32 Å². The van der Waals surface area contributed by atoms with Crippen LogP contribution >= 0.6 is 35.0 Å². The Morgan fingerprint density at radius 3 is 2.58 bits per heavy atom. The van der Waals surface area contributed by atoms with E-state index in [1.807, 2.05) is 12.1 Å². The number of carbonyl (C=O) groups excluding carboxylic acids is 1. The Labute approximate surface area is 166 Å². The molecule has 3 aromatic rings. The maximum absolute atomic E-state index is 12.5. The molecular weight excluding hydrogens is 389 g/mol. The minimum atomic E-state index is -0.391. The van der Waals surface area contributed by atoms with Gasteiger partial charge in [-0.15, -0.1) is 0 Å². The number of benzene rings is 2. The summed E-state index contributed by atoms with van der Waals surface area (Å²) in [4.78, 5) is 21.0. The van der Waals surface area contributed by atoms with Crippen LogP contribution in [0, 0.1) is 6.92 Å². The number of hydrogen-bond acceptors (Lipinski definition) is 4. The van der Waals surface area contributed by atoms with Gasteiger partial charge in [-0.25, -0.2) is 9.97 Å². The Morgan fingerprint density at radius 1 is 1.12 bits per heavy atom. The predicted octanol–water partition coefficient (Wildman–Crippen LogP) is 5.64. The highest BCUT2D eigenvalue weighted by atomic mass is 35.5. The van der Waals surface area contributed by atoms with Crippen molar-refractivity contribution in [1.29, 1.82) is 0 Å². The van der Waals surface area contributed by atoms with Crippen molar-refractivity contribution in [3.63, 3.8) is 0 Å². The summed E-state index contributed by atoms with van der Waals surface area (Å²) in [7, 11) is 0. The van der Waals surface area contributed by atoms with Crippen molar-refractivity contribution in [3.8, 4) is 0 Å². The summed E-state index contributed by atoms with van der Waals surface area (Å²) in [6.07, 6.45) is 1.45. The summed E-state index contributed by atoms with van der Waals surface area (Å²) < 4.78 is 0. The van der Waals surface area contributed by atoms with E-state index in [-0.39, 0.29) is 10.7 Å². The lowest BCUT2D eigenvalue weighted by Crippen LogP contribution is -2.15. The Kier molecular flexibility index (Phi) is 6.14. The van der Waals surface area contributed by atoms with Gasteiger partial charge in [0.05, 0.1) is 11.2 Å². The minimum absolute atomic E-state index is 0.143. The first-order valence-electron chi connectivity index (χ1n) is 7.79. The second-order valence-electron chi connectivity index (χ2n) is 5.53. The lowest BCUT2D eigenvalue weighted by atomic mass is 10.1. The molecule has 0 aliphatic rings. The first-order chi connectivity index (χ1) is 12.5. The molecule has 0 fully saturated rings. The zero-order valence-electron chi connectivity index (χ0n) is 13.9. The lowest BCUT2D eigenvalue weighted by molar-refractivity contribution is 0.102. The van der Waals surface area contributed by atoms with E-state index in [1.54, 1.807) is 24.3 Å². The average Bonchev–Trinajstić information content (AvgIpc) is 2.64. The van der Waals surface area contributed by atoms with Crippen LogP contribution in [-0.4, -0.2) is 15.9 Å². The number of rotatable bonds is 5. The van der Waals surface area contributed by atoms with Crippen LogP contribution in [0.4, 0.5) is 5.69 Å². The van der Waals surface area contributed by atoms with E-state index in [0.717, 1.165) is 0 Å². The summed E-state index contributed by atoms with van der Waals surface area (Å²) in [6, 6.07) is 14.9. The van der Waals surface area contributed by atoms with E-state index in [0.29, 0.717) is 21.6 Å². The van der Waals surface area contributed by atoms with Gasteiger partial charge in [-0.05, 0) is 42.3 Å². The highest BCUT2D eigenvalue weighted by molar-refractivity contribution is 7.98. The molecule has 2 aromatic carbocycles. The Balaban J connectivity index is 1.73. The summed E-state index contributed by atoms with van der Waals surface area (Å²) in [5.41, 5.74) is 3.16. The second kappa shape index (κ2) is 8.54. The molecule has 0 spiro atoms. The number of thioether (sulfide) groups is 1. The third-order valence-corrected chi connectivity index (χ3v) is 5.10. The van der Waals surface area contributed by atoms with Gasteiger partial charge in [0.2, 0.25) is 0 Å². The molecule has 4 nitrogen and oxygen atoms in total. The zero-order chi connectivity index (χ0) is 18.5. The molecule has 26 heavy (non-hydrogen) atoms. The fraction of sp³-hybridized carbons (Fsp3) is 0.105. The van der Waals surface area contributed by atoms with Crippen molar-refractivity contribution in [2.24, 2.45) is 0 Å². The third kappa shape index (κ3) is 4.75. The minimum Gasteiger partial charge on any atom is -0.321 e. The van der Waals surface area contributed by atoms with Crippen molar-refractivity contribution in [2.45, 2.75) is 17.8 Å². The maximum Gasteiger partial charge on any atom is 0.275 e. The highest BCUT2D eigenvalue weighted by Gasteiger charge is 2.15. The molecule has 132 valence electrons. The van der Waals surface area contributed by atoms with Gasteiger partial charge in [-0.3, -0.25) is 4.79 Å². The Hall–Kier alpha value is -2.08. The predicted molar refractivity (Wildman–Crippen MR) is 107 cm³/mol. The van der Waals surface area contributed by atoms with Crippen LogP contribution in [0.5, 0.6) is 0 Å². The molecule has 0 saturated heterocycles. The van der Waals surface area contributed by atoms with Gasteiger partial charge in [0.15, 0.2) is 10.9 Å². The number of aryl methyl sites for hydroxylation is 1. The SMILES string of the molecule is Cc1ccccc1CSc1ncc(Cl)c(C(=O)Nc2ccc(Cl)cc2)n1. The number of carbonyl (C=O) groups is 1. The van der Waals surface area contributed by atoms with Crippen LogP contribution in [0.25, 0.3) is 0 Å². The first-order valence-corrected chi connectivity index (χ1v) is 9.54. The number of amides is 1. The zero-order valence-corrected chi connectivity index (χ0v) is 16.2. The first kappa shape index (κ1) is 18.7. The molecule has 0 atom stereocenters. The van der Waals surface area contributed by atoms with E-state index < -0.39 is 5.91 Å². The molecule has 0 unspecified atom stereocenters. The number of nitrogens with one attached hydrogen (secondary N) is 1. The van der Waals surface area contributed by atoms with Gasteiger partial charge in [0.25, 0.3) is 5.91 Å². The van der Waals surface area contributed by atoms with Gasteiger partial charge in [-0.2, -0.15) is 0 Å². The molecule has 7 heteroatoms. The number of aromatic nitrogens is 2. The van der Waals surface area contributed by atoms with Crippen LogP contribution in [0.2, 0.25) is 10.0 Å². The molecule has 0 saturated carbocycles. The van der Waals surface area contributed by atoms with Crippen LogP contribution in [0.1, 0.15) is 21.6 Å². The smallest absolute Gasteiger partial charge is 0.275 e. The molecule has 0 aliphatic heterocycles. The molecule has 0 radical (unpaired) electrons. The lowest BCUT2D eigenvalue weighted by Gasteiger charge is -2.08. The summed E-state index contributed by atoms with van der Waals surface area (Å²) in [6.45, 7) is 2.06. The normalized spacial score (nSPS) is 10.6. The fourth-order valence-electron chi connectivity index (χ4n) is 2.22. The van der Waals surface area contributed by atoms with Crippen molar-refractivity contribution in [1.82, 2.24) is 9.97 Å². The average molecular weight is 404 g/mol. The van der Waals surface area contributed by atoms with Crippen LogP contribution in [-0.2, 0) is 5.75 Å². The molecule has 1 N–H and O–H groups in total. The number of halogens is 2.